The molecule has 0 saturated heterocycles. The Balaban J connectivity index is 1.78. The zero-order chi connectivity index (χ0) is 18.8. The highest BCUT2D eigenvalue weighted by Gasteiger charge is 2.36. The molecule has 1 aliphatic carbocycles. The Morgan fingerprint density at radius 1 is 1.04 bits per heavy atom. The topological polar surface area (TPSA) is 96.3 Å². The lowest BCUT2D eigenvalue weighted by Gasteiger charge is -2.37. The molecule has 0 aromatic heterocycles. The Kier molecular flexibility index (Phi) is 5.36. The number of amides is 1. The predicted octanol–water partition coefficient (Wildman–Crippen LogP) is 1.97. The van der Waals surface area contributed by atoms with Crippen LogP contribution in [0.4, 0.5) is 0 Å². The molecule has 1 aromatic carbocycles. The number of carboxylic acids is 1. The molecular weight excluding hydrogens is 338 g/mol. The third-order valence-electron chi connectivity index (χ3n) is 5.53. The minimum atomic E-state index is -0.844. The molecule has 1 fully saturated rings. The van der Waals surface area contributed by atoms with E-state index in [0.29, 0.717) is 49.3 Å². The summed E-state index contributed by atoms with van der Waals surface area (Å²) < 4.78 is 10.8. The maximum absolute atomic E-state index is 12.9. The Bertz CT molecular complexity index is 696. The number of benzene rings is 1. The van der Waals surface area contributed by atoms with Crippen LogP contribution >= 0.6 is 0 Å². The van der Waals surface area contributed by atoms with Crippen molar-refractivity contribution in [3.63, 3.8) is 0 Å². The van der Waals surface area contributed by atoms with Crippen LogP contribution in [0.2, 0.25) is 0 Å². The number of fused-ring (bicyclic) bond motifs is 1. The second-order valence-corrected chi connectivity index (χ2v) is 6.98. The Morgan fingerprint density at radius 2 is 1.62 bits per heavy atom. The monoisotopic (exact) mass is 363 g/mol. The van der Waals surface area contributed by atoms with E-state index in [1.54, 1.807) is 31.3 Å². The normalized spacial score (nSPS) is 25.3. The lowest BCUT2D eigenvalue weighted by molar-refractivity contribution is -0.146. The van der Waals surface area contributed by atoms with Crippen LogP contribution in [-0.2, 0) is 16.1 Å². The first-order valence-electron chi connectivity index (χ1n) is 8.89. The first-order chi connectivity index (χ1) is 12.5. The summed E-state index contributed by atoms with van der Waals surface area (Å²) in [5.41, 5.74) is 1.43. The number of aliphatic hydroxyl groups is 1. The molecule has 1 heterocycles. The molecule has 0 radical (unpaired) electrons. The molecule has 0 spiro atoms. The summed E-state index contributed by atoms with van der Waals surface area (Å²) in [7, 11) is 3.11. The number of ether oxygens (including phenoxy) is 2. The molecule has 1 atom stereocenters. The number of carbonyl (C=O) groups is 2. The van der Waals surface area contributed by atoms with E-state index in [0.717, 1.165) is 5.56 Å². The average Bonchev–Trinajstić information content (AvgIpc) is 2.66. The first kappa shape index (κ1) is 18.5. The van der Waals surface area contributed by atoms with E-state index in [1.165, 1.54) is 0 Å². The molecule has 2 aliphatic rings. The minimum Gasteiger partial charge on any atom is -0.496 e. The van der Waals surface area contributed by atoms with Crippen molar-refractivity contribution in [1.82, 2.24) is 4.90 Å². The summed E-state index contributed by atoms with van der Waals surface area (Å²) in [6.07, 6.45) is 1.35. The van der Waals surface area contributed by atoms with Gasteiger partial charge in [0.25, 0.3) is 0 Å². The highest BCUT2D eigenvalue weighted by atomic mass is 16.5. The predicted molar refractivity (Wildman–Crippen MR) is 93.0 cm³/mol. The number of carboxylic acid groups (broad SMARTS) is 1. The molecule has 26 heavy (non-hydrogen) atoms. The standard InChI is InChI=1S/C19H25NO6/c1-25-15-7-8-16(26-2)17-13(15)9-20(10-14(17)21)18(22)11-3-5-12(6-4-11)19(23)24/h7-8,11-12,14,21H,3-6,9-10H2,1-2H3,(H,23,24). The maximum atomic E-state index is 12.9. The Hall–Kier alpha value is -2.28. The molecule has 0 bridgehead atoms. The van der Waals surface area contributed by atoms with Gasteiger partial charge in [-0.1, -0.05) is 0 Å². The van der Waals surface area contributed by atoms with Crippen molar-refractivity contribution >= 4 is 11.9 Å². The highest BCUT2D eigenvalue weighted by Crippen LogP contribution is 2.40. The highest BCUT2D eigenvalue weighted by molar-refractivity contribution is 5.80. The fourth-order valence-corrected chi connectivity index (χ4v) is 4.09. The number of carbonyl (C=O) groups excluding carboxylic acids is 1. The van der Waals surface area contributed by atoms with Gasteiger partial charge in [0.2, 0.25) is 5.91 Å². The van der Waals surface area contributed by atoms with Crippen molar-refractivity contribution in [2.24, 2.45) is 11.8 Å². The van der Waals surface area contributed by atoms with Gasteiger partial charge in [0.1, 0.15) is 17.6 Å². The summed E-state index contributed by atoms with van der Waals surface area (Å²) in [6.45, 7) is 0.554. The largest absolute Gasteiger partial charge is 0.496 e. The van der Waals surface area contributed by atoms with Crippen LogP contribution in [0.1, 0.15) is 42.9 Å². The number of aliphatic carboxylic acids is 1. The van der Waals surface area contributed by atoms with Gasteiger partial charge in [-0.25, -0.2) is 0 Å². The van der Waals surface area contributed by atoms with Crippen LogP contribution in [0.5, 0.6) is 11.5 Å². The number of β-amino-alcohol motifs (C(OH)–C–C–N with tert-alkyl or cyclic N) is 1. The summed E-state index contributed by atoms with van der Waals surface area (Å²) >= 11 is 0. The average molecular weight is 363 g/mol. The fraction of sp³-hybridized carbons (Fsp3) is 0.579. The third-order valence-corrected chi connectivity index (χ3v) is 5.53. The van der Waals surface area contributed by atoms with Crippen LogP contribution < -0.4 is 9.47 Å². The molecule has 1 saturated carbocycles. The number of nitrogens with zero attached hydrogens (tertiary/aromatic N) is 1. The van der Waals surface area contributed by atoms with E-state index in [9.17, 15) is 14.7 Å². The fourth-order valence-electron chi connectivity index (χ4n) is 4.09. The maximum Gasteiger partial charge on any atom is 0.306 e. The minimum absolute atomic E-state index is 0.0246. The van der Waals surface area contributed by atoms with Crippen LogP contribution in [0.25, 0.3) is 0 Å². The van der Waals surface area contributed by atoms with Crippen LogP contribution in [0, 0.1) is 11.8 Å². The van der Waals surface area contributed by atoms with Crippen LogP contribution in [-0.4, -0.2) is 47.8 Å². The number of methoxy groups -OCH3 is 2. The lowest BCUT2D eigenvalue weighted by atomic mass is 9.81. The summed E-state index contributed by atoms with van der Waals surface area (Å²) in [6, 6.07) is 3.53. The van der Waals surface area contributed by atoms with Gasteiger partial charge < -0.3 is 24.6 Å². The van der Waals surface area contributed by atoms with Gasteiger partial charge in [0.15, 0.2) is 0 Å². The first-order valence-corrected chi connectivity index (χ1v) is 8.89. The molecule has 142 valence electrons. The van der Waals surface area contributed by atoms with Gasteiger partial charge in [-0.15, -0.1) is 0 Å². The summed E-state index contributed by atoms with van der Waals surface area (Å²) in [5.74, 6) is -0.139. The van der Waals surface area contributed by atoms with E-state index in [4.69, 9.17) is 14.6 Å². The van der Waals surface area contributed by atoms with Crippen molar-refractivity contribution in [3.8, 4) is 11.5 Å². The molecule has 1 aliphatic heterocycles. The van der Waals surface area contributed by atoms with E-state index in [-0.39, 0.29) is 24.3 Å². The van der Waals surface area contributed by atoms with Crippen molar-refractivity contribution in [2.75, 3.05) is 20.8 Å². The molecule has 1 amide bonds. The van der Waals surface area contributed by atoms with Crippen LogP contribution in [0.3, 0.4) is 0 Å². The van der Waals surface area contributed by atoms with Gasteiger partial charge in [-0.3, -0.25) is 9.59 Å². The van der Waals surface area contributed by atoms with E-state index in [2.05, 4.69) is 0 Å². The van der Waals surface area contributed by atoms with Crippen molar-refractivity contribution in [3.05, 3.63) is 23.3 Å². The van der Waals surface area contributed by atoms with Gasteiger partial charge in [0, 0.05) is 23.6 Å². The zero-order valence-corrected chi connectivity index (χ0v) is 15.1. The molecule has 7 nitrogen and oxygen atoms in total. The molecule has 1 unspecified atom stereocenters. The number of hydrogen-bond acceptors (Lipinski definition) is 5. The Labute approximate surface area is 152 Å². The van der Waals surface area contributed by atoms with Crippen molar-refractivity contribution in [2.45, 2.75) is 38.3 Å². The van der Waals surface area contributed by atoms with E-state index >= 15 is 0 Å². The van der Waals surface area contributed by atoms with Gasteiger partial charge in [-0.05, 0) is 37.8 Å². The molecule has 7 heteroatoms. The number of hydrogen-bond donors (Lipinski definition) is 2. The van der Waals surface area contributed by atoms with Gasteiger partial charge in [0.05, 0.1) is 26.7 Å². The van der Waals surface area contributed by atoms with Crippen molar-refractivity contribution < 1.29 is 29.3 Å². The number of rotatable bonds is 4. The second kappa shape index (κ2) is 7.53. The smallest absolute Gasteiger partial charge is 0.306 e. The van der Waals surface area contributed by atoms with Crippen molar-refractivity contribution in [1.29, 1.82) is 0 Å². The SMILES string of the molecule is COc1ccc(OC)c2c1CN(C(=O)C1CCC(C(=O)O)CC1)CC2O. The Morgan fingerprint density at radius 3 is 2.19 bits per heavy atom. The lowest BCUT2D eigenvalue weighted by Crippen LogP contribution is -2.43. The number of aliphatic hydroxyl groups excluding tert-OH is 1. The van der Waals surface area contributed by atoms with Gasteiger partial charge in [-0.2, -0.15) is 0 Å². The summed E-state index contributed by atoms with van der Waals surface area (Å²) in [4.78, 5) is 25.7. The third kappa shape index (κ3) is 3.35. The van der Waals surface area contributed by atoms with E-state index < -0.39 is 12.1 Å². The molecule has 1 aromatic rings. The van der Waals surface area contributed by atoms with Gasteiger partial charge >= 0.3 is 5.97 Å². The molecule has 2 N–H and O–H groups in total. The molecular formula is C19H25NO6. The zero-order valence-electron chi connectivity index (χ0n) is 15.1. The van der Waals surface area contributed by atoms with E-state index in [1.807, 2.05) is 0 Å². The summed E-state index contributed by atoms with van der Waals surface area (Å²) in [5, 5.41) is 19.7. The second-order valence-electron chi connectivity index (χ2n) is 6.98. The quantitative estimate of drug-likeness (QED) is 0.849. The van der Waals surface area contributed by atoms with Crippen LogP contribution in [0.15, 0.2) is 12.1 Å². The molecule has 3 rings (SSSR count).